The molecule has 6 nitrogen and oxygen atoms in total. The van der Waals surface area contributed by atoms with Gasteiger partial charge in [-0.05, 0) is 56.5 Å². The van der Waals surface area contributed by atoms with E-state index in [1.165, 1.54) is 6.26 Å². The van der Waals surface area contributed by atoms with E-state index in [0.717, 1.165) is 16.8 Å². The molecule has 2 heterocycles. The zero-order chi connectivity index (χ0) is 19.4. The maximum Gasteiger partial charge on any atom is 0.175 e. The summed E-state index contributed by atoms with van der Waals surface area (Å²) >= 11 is 0. The highest BCUT2D eigenvalue weighted by atomic mass is 32.2. The Labute approximate surface area is 152 Å². The van der Waals surface area contributed by atoms with Crippen molar-refractivity contribution in [2.45, 2.75) is 32.6 Å². The third kappa shape index (κ3) is 2.54. The summed E-state index contributed by atoms with van der Waals surface area (Å²) < 4.78 is 26.0. The summed E-state index contributed by atoms with van der Waals surface area (Å²) in [6.45, 7) is 7.45. The Hall–Kier alpha value is -2.85. The Balaban J connectivity index is 2.54. The van der Waals surface area contributed by atoms with Gasteiger partial charge in [-0.25, -0.2) is 13.4 Å². The van der Waals surface area contributed by atoms with E-state index in [0.29, 0.717) is 27.8 Å². The van der Waals surface area contributed by atoms with Gasteiger partial charge in [0, 0.05) is 17.3 Å². The first-order valence-electron chi connectivity index (χ1n) is 8.06. The normalized spacial score (nSPS) is 11.7. The van der Waals surface area contributed by atoms with E-state index in [2.05, 4.69) is 11.1 Å². The zero-order valence-corrected chi connectivity index (χ0v) is 16.2. The molecule has 0 unspecified atom stereocenters. The molecule has 2 aromatic heterocycles. The summed E-state index contributed by atoms with van der Waals surface area (Å²) in [6, 6.07) is 7.40. The van der Waals surface area contributed by atoms with Crippen LogP contribution in [0.25, 0.3) is 16.7 Å². The number of nitrogen functional groups attached to an aromatic ring is 1. The molecule has 3 rings (SSSR count). The second-order valence-corrected chi connectivity index (χ2v) is 8.58. The number of pyridine rings is 1. The number of nitrogens with two attached hydrogens (primary N) is 1. The van der Waals surface area contributed by atoms with Gasteiger partial charge in [-0.15, -0.1) is 0 Å². The van der Waals surface area contributed by atoms with Gasteiger partial charge in [0.1, 0.15) is 23.1 Å². The molecule has 0 aliphatic heterocycles. The summed E-state index contributed by atoms with van der Waals surface area (Å²) in [7, 11) is -3.40. The van der Waals surface area contributed by atoms with Crippen LogP contribution in [0.5, 0.6) is 0 Å². The number of benzene rings is 1. The molecule has 1 aromatic carbocycles. The Bertz CT molecular complexity index is 1220. The number of nitrogens with zero attached hydrogens (tertiary/aromatic N) is 3. The molecular weight excluding hydrogens is 348 g/mol. The molecule has 0 spiro atoms. The molecule has 0 amide bonds. The van der Waals surface area contributed by atoms with Crippen LogP contribution in [-0.2, 0) is 9.84 Å². The van der Waals surface area contributed by atoms with Gasteiger partial charge in [0.25, 0.3) is 0 Å². The van der Waals surface area contributed by atoms with Crippen molar-refractivity contribution in [3.05, 3.63) is 46.1 Å². The van der Waals surface area contributed by atoms with Crippen LogP contribution < -0.4 is 5.73 Å². The van der Waals surface area contributed by atoms with E-state index in [9.17, 15) is 13.7 Å². The lowest BCUT2D eigenvalue weighted by Gasteiger charge is -2.17. The van der Waals surface area contributed by atoms with Crippen molar-refractivity contribution in [1.29, 1.82) is 5.26 Å². The Kier molecular flexibility index (Phi) is 4.04. The Morgan fingerprint density at radius 2 is 1.81 bits per heavy atom. The van der Waals surface area contributed by atoms with Crippen molar-refractivity contribution >= 4 is 26.7 Å². The Morgan fingerprint density at radius 1 is 1.15 bits per heavy atom. The number of fused-ring (bicyclic) bond motifs is 1. The molecule has 7 heteroatoms. The van der Waals surface area contributed by atoms with Crippen molar-refractivity contribution in [1.82, 2.24) is 9.55 Å². The van der Waals surface area contributed by atoms with Crippen LogP contribution in [-0.4, -0.2) is 24.2 Å². The first kappa shape index (κ1) is 18.0. The quantitative estimate of drug-likeness (QED) is 0.749. The molecular formula is C19H20N4O2S. The number of aryl methyl sites for hydroxylation is 3. The third-order valence-electron chi connectivity index (χ3n) is 4.74. The number of sulfone groups is 1. The average Bonchev–Trinajstić information content (AvgIpc) is 2.78. The van der Waals surface area contributed by atoms with Gasteiger partial charge in [-0.3, -0.25) is 4.57 Å². The summed E-state index contributed by atoms with van der Waals surface area (Å²) in [5.74, 6) is 0.261. The van der Waals surface area contributed by atoms with Gasteiger partial charge >= 0.3 is 0 Å². The molecule has 0 atom stereocenters. The molecule has 3 aromatic rings. The highest BCUT2D eigenvalue weighted by Crippen LogP contribution is 2.35. The minimum absolute atomic E-state index is 0.238. The van der Waals surface area contributed by atoms with Crippen molar-refractivity contribution in [2.75, 3.05) is 12.0 Å². The molecule has 0 saturated heterocycles. The second kappa shape index (κ2) is 5.85. The number of nitriles is 1. The third-order valence-corrected chi connectivity index (χ3v) is 5.98. The fourth-order valence-electron chi connectivity index (χ4n) is 3.32. The van der Waals surface area contributed by atoms with Crippen molar-refractivity contribution in [3.8, 4) is 11.8 Å². The Morgan fingerprint density at radius 3 is 2.38 bits per heavy atom. The van der Waals surface area contributed by atoms with Gasteiger partial charge in [-0.2, -0.15) is 5.26 Å². The highest BCUT2D eigenvalue weighted by molar-refractivity contribution is 7.90. The van der Waals surface area contributed by atoms with Crippen LogP contribution in [0.4, 0.5) is 5.82 Å². The predicted octanol–water partition coefficient (Wildman–Crippen LogP) is 3.12. The highest BCUT2D eigenvalue weighted by Gasteiger charge is 2.23. The maximum atomic E-state index is 12.1. The fourth-order valence-corrected chi connectivity index (χ4v) is 4.29. The summed E-state index contributed by atoms with van der Waals surface area (Å²) in [6.07, 6.45) is 1.18. The topological polar surface area (TPSA) is 102 Å². The van der Waals surface area contributed by atoms with Crippen molar-refractivity contribution in [3.63, 3.8) is 0 Å². The minimum atomic E-state index is -3.40. The largest absolute Gasteiger partial charge is 0.384 e. The number of hydrogen-bond donors (Lipinski definition) is 1. The zero-order valence-electron chi connectivity index (χ0n) is 15.4. The smallest absolute Gasteiger partial charge is 0.175 e. The lowest BCUT2D eigenvalue weighted by Crippen LogP contribution is -2.09. The van der Waals surface area contributed by atoms with Crippen LogP contribution in [0.15, 0.2) is 23.1 Å². The molecule has 0 aliphatic carbocycles. The molecule has 0 fully saturated rings. The summed E-state index contributed by atoms with van der Waals surface area (Å²) in [5, 5.41) is 10.3. The fraction of sp³-hybridized carbons (Fsp3) is 0.263. The summed E-state index contributed by atoms with van der Waals surface area (Å²) in [4.78, 5) is 4.88. The van der Waals surface area contributed by atoms with E-state index >= 15 is 0 Å². The molecule has 0 radical (unpaired) electrons. The second-order valence-electron chi connectivity index (χ2n) is 6.60. The average molecular weight is 368 g/mol. The van der Waals surface area contributed by atoms with Gasteiger partial charge in [-0.1, -0.05) is 6.07 Å². The molecule has 134 valence electrons. The van der Waals surface area contributed by atoms with Crippen LogP contribution in [0.3, 0.4) is 0 Å². The maximum absolute atomic E-state index is 12.1. The molecule has 0 saturated carbocycles. The van der Waals surface area contributed by atoms with Crippen LogP contribution in [0, 0.1) is 39.0 Å². The van der Waals surface area contributed by atoms with Crippen molar-refractivity contribution in [2.24, 2.45) is 0 Å². The van der Waals surface area contributed by atoms with Crippen LogP contribution in [0.2, 0.25) is 0 Å². The van der Waals surface area contributed by atoms with Crippen LogP contribution >= 0.6 is 0 Å². The molecule has 0 bridgehead atoms. The lowest BCUT2D eigenvalue weighted by molar-refractivity contribution is 0.601. The molecule has 2 N–H and O–H groups in total. The van der Waals surface area contributed by atoms with Gasteiger partial charge < -0.3 is 5.73 Å². The van der Waals surface area contributed by atoms with E-state index in [4.69, 9.17) is 5.73 Å². The van der Waals surface area contributed by atoms with Gasteiger partial charge in [0.05, 0.1) is 10.6 Å². The number of anilines is 1. The summed E-state index contributed by atoms with van der Waals surface area (Å²) in [5.41, 5.74) is 11.1. The predicted molar refractivity (Wildman–Crippen MR) is 102 cm³/mol. The van der Waals surface area contributed by atoms with E-state index in [1.807, 2.05) is 26.8 Å². The van der Waals surface area contributed by atoms with Gasteiger partial charge in [0.2, 0.25) is 0 Å². The van der Waals surface area contributed by atoms with E-state index in [1.54, 1.807) is 23.6 Å². The number of rotatable bonds is 2. The monoisotopic (exact) mass is 368 g/mol. The lowest BCUT2D eigenvalue weighted by atomic mass is 10.1. The number of hydrogen-bond acceptors (Lipinski definition) is 5. The SMILES string of the molecule is Cc1cc2c(C#N)c(N)n(-c3c(C)ccc(S(C)(=O)=O)c3C)c2nc1C. The van der Waals surface area contributed by atoms with E-state index < -0.39 is 9.84 Å². The molecule has 26 heavy (non-hydrogen) atoms. The standard InChI is InChI=1S/C19H20N4O2S/c1-10-6-7-16(26(5,24)25)12(3)17(10)23-18(21)15(9-20)14-8-11(2)13(4)22-19(14)23/h6-8H,21H2,1-5H3. The number of aromatic nitrogens is 2. The van der Waals surface area contributed by atoms with Gasteiger partial charge in [0.15, 0.2) is 9.84 Å². The molecule has 0 aliphatic rings. The van der Waals surface area contributed by atoms with E-state index in [-0.39, 0.29) is 10.7 Å². The first-order valence-corrected chi connectivity index (χ1v) is 9.96. The van der Waals surface area contributed by atoms with Crippen LogP contribution in [0.1, 0.15) is 27.9 Å². The minimum Gasteiger partial charge on any atom is -0.384 e. The first-order chi connectivity index (χ1) is 12.1. The van der Waals surface area contributed by atoms with Crippen molar-refractivity contribution < 1.29 is 8.42 Å².